The number of Topliss-reactive ketones (excluding diaryl/α,β-unsaturated/α-hetero) is 1. The van der Waals surface area contributed by atoms with E-state index in [1.807, 2.05) is 6.92 Å². The van der Waals surface area contributed by atoms with Gasteiger partial charge in [0.15, 0.2) is 0 Å². The molecule has 0 saturated heterocycles. The van der Waals surface area contributed by atoms with Gasteiger partial charge in [-0.2, -0.15) is 12.8 Å². The molecule has 0 spiro atoms. The maximum absolute atomic E-state index is 13.3. The first-order valence-electron chi connectivity index (χ1n) is 10.2. The van der Waals surface area contributed by atoms with Crippen LogP contribution in [0.25, 0.3) is 0 Å². The van der Waals surface area contributed by atoms with Crippen LogP contribution in [-0.2, 0) is 19.9 Å². The second kappa shape index (κ2) is 8.61. The van der Waals surface area contributed by atoms with Crippen LogP contribution in [0.4, 0.5) is 0 Å². The molecule has 1 aliphatic carbocycles. The summed E-state index contributed by atoms with van der Waals surface area (Å²) in [5.74, 6) is -0.732. The molecule has 0 radical (unpaired) electrons. The maximum Gasteiger partial charge on any atom is 0.283 e. The number of sulfonamides is 1. The maximum atomic E-state index is 13.3. The minimum absolute atomic E-state index is 0.0514. The number of nitrogens with zero attached hydrogens (tertiary/aromatic N) is 1. The van der Waals surface area contributed by atoms with E-state index < -0.39 is 30.5 Å². The van der Waals surface area contributed by atoms with Crippen molar-refractivity contribution in [2.75, 3.05) is 0 Å². The number of hydrogen-bond acceptors (Lipinski definition) is 5. The number of fused-ring (bicyclic) bond motifs is 1. The second-order valence-corrected chi connectivity index (χ2v) is 11.9. The van der Waals surface area contributed by atoms with E-state index in [9.17, 15) is 21.6 Å². The Morgan fingerprint density at radius 1 is 0.794 bits per heavy atom. The van der Waals surface area contributed by atoms with Crippen molar-refractivity contribution >= 4 is 43.0 Å². The number of rotatable bonds is 4. The van der Waals surface area contributed by atoms with Crippen LogP contribution in [0.1, 0.15) is 32.6 Å². The molecule has 0 N–H and O–H groups in total. The van der Waals surface area contributed by atoms with Gasteiger partial charge < -0.3 is 0 Å². The third-order valence-electron chi connectivity index (χ3n) is 5.43. The Labute approximate surface area is 203 Å². The summed E-state index contributed by atoms with van der Waals surface area (Å²) in [6, 6.07) is 15.1. The predicted octanol–water partition coefficient (Wildman–Crippen LogP) is 5.00. The fraction of sp³-hybridized carbons (Fsp3) is 0.120. The molecule has 3 aromatic carbocycles. The Balaban J connectivity index is 1.96. The highest BCUT2D eigenvalue weighted by molar-refractivity contribution is 7.96. The summed E-state index contributed by atoms with van der Waals surface area (Å²) in [5.41, 5.74) is 2.14. The standard InChI is InChI=1S/C25H20ClNO5S2/c1-15-12-16(2)25(17(3)13-15)34(31,32)27-22-14-23(24(28)21-7-5-4-6-20(21)22)33(29,30)19-10-8-18(26)9-11-19/h4-14H,1-3H3/b27-22+. The molecule has 0 fully saturated rings. The van der Waals surface area contributed by atoms with Gasteiger partial charge in [0.1, 0.15) is 4.91 Å². The number of carbonyl (C=O) groups excluding carboxylic acids is 1. The minimum Gasteiger partial charge on any atom is -0.288 e. The monoisotopic (exact) mass is 513 g/mol. The van der Waals surface area contributed by atoms with Crippen LogP contribution in [0.5, 0.6) is 0 Å². The summed E-state index contributed by atoms with van der Waals surface area (Å²) in [5, 5.41) is 0.338. The van der Waals surface area contributed by atoms with Crippen molar-refractivity contribution in [2.45, 2.75) is 30.6 Å². The topological polar surface area (TPSA) is 97.7 Å². The van der Waals surface area contributed by atoms with Crippen LogP contribution in [0.15, 0.2) is 85.8 Å². The van der Waals surface area contributed by atoms with Crippen molar-refractivity contribution in [3.05, 3.63) is 104 Å². The average molecular weight is 514 g/mol. The zero-order chi connectivity index (χ0) is 24.8. The summed E-state index contributed by atoms with van der Waals surface area (Å²) in [4.78, 5) is 12.5. The predicted molar refractivity (Wildman–Crippen MR) is 132 cm³/mol. The van der Waals surface area contributed by atoms with E-state index in [4.69, 9.17) is 11.6 Å². The van der Waals surface area contributed by atoms with Crippen LogP contribution in [0.2, 0.25) is 5.02 Å². The van der Waals surface area contributed by atoms with Crippen LogP contribution in [-0.4, -0.2) is 28.3 Å². The summed E-state index contributed by atoms with van der Waals surface area (Å²) >= 11 is 5.87. The van der Waals surface area contributed by atoms with Crippen molar-refractivity contribution < 1.29 is 21.6 Å². The number of allylic oxidation sites excluding steroid dienone is 2. The quantitative estimate of drug-likeness (QED) is 0.489. The first-order valence-corrected chi connectivity index (χ1v) is 13.5. The molecule has 0 amide bonds. The molecule has 0 heterocycles. The Morgan fingerprint density at radius 3 is 1.94 bits per heavy atom. The lowest BCUT2D eigenvalue weighted by Crippen LogP contribution is -2.23. The average Bonchev–Trinajstić information content (AvgIpc) is 2.75. The van der Waals surface area contributed by atoms with E-state index >= 15 is 0 Å². The van der Waals surface area contributed by atoms with Crippen LogP contribution >= 0.6 is 11.6 Å². The lowest BCUT2D eigenvalue weighted by molar-refractivity contribution is 0.104. The lowest BCUT2D eigenvalue weighted by atomic mass is 9.94. The highest BCUT2D eigenvalue weighted by Gasteiger charge is 2.34. The first-order chi connectivity index (χ1) is 15.9. The van der Waals surface area contributed by atoms with Gasteiger partial charge in [0.05, 0.1) is 15.5 Å². The molecule has 0 atom stereocenters. The summed E-state index contributed by atoms with van der Waals surface area (Å²) in [7, 11) is -8.49. The number of hydrogen-bond donors (Lipinski definition) is 0. The van der Waals surface area contributed by atoms with Gasteiger partial charge in [0, 0.05) is 16.1 Å². The molecular formula is C25H20ClNO5S2. The van der Waals surface area contributed by atoms with E-state index in [0.717, 1.165) is 11.6 Å². The molecule has 0 bridgehead atoms. The van der Waals surface area contributed by atoms with Gasteiger partial charge in [-0.25, -0.2) is 8.42 Å². The Kier molecular flexibility index (Phi) is 6.10. The van der Waals surface area contributed by atoms with E-state index in [2.05, 4.69) is 4.40 Å². The van der Waals surface area contributed by atoms with E-state index in [1.165, 1.54) is 30.3 Å². The largest absolute Gasteiger partial charge is 0.288 e. The van der Waals surface area contributed by atoms with Crippen LogP contribution < -0.4 is 0 Å². The molecule has 6 nitrogen and oxygen atoms in total. The number of aryl methyl sites for hydroxylation is 3. The summed E-state index contributed by atoms with van der Waals surface area (Å²) in [6.45, 7) is 5.22. The fourth-order valence-corrected chi connectivity index (χ4v) is 7.00. The number of carbonyl (C=O) groups is 1. The molecule has 1 aliphatic rings. The first kappa shape index (κ1) is 24.1. The van der Waals surface area contributed by atoms with E-state index in [-0.39, 0.29) is 26.6 Å². The zero-order valence-electron chi connectivity index (χ0n) is 18.5. The van der Waals surface area contributed by atoms with Crippen molar-refractivity contribution in [3.8, 4) is 0 Å². The van der Waals surface area contributed by atoms with E-state index in [0.29, 0.717) is 16.1 Å². The van der Waals surface area contributed by atoms with E-state index in [1.54, 1.807) is 44.2 Å². The van der Waals surface area contributed by atoms with Gasteiger partial charge in [-0.1, -0.05) is 53.6 Å². The SMILES string of the molecule is Cc1cc(C)c(S(=O)(=O)/N=C2\C=C(S(=O)(=O)c3ccc(Cl)cc3)C(=O)c3ccccc32)c(C)c1. The molecule has 0 aromatic heterocycles. The van der Waals surface area contributed by atoms with Gasteiger partial charge in [-0.3, -0.25) is 4.79 Å². The van der Waals surface area contributed by atoms with Gasteiger partial charge in [0.2, 0.25) is 15.6 Å². The molecular weight excluding hydrogens is 494 g/mol. The van der Waals surface area contributed by atoms with Crippen molar-refractivity contribution in [1.82, 2.24) is 0 Å². The smallest absolute Gasteiger partial charge is 0.283 e. The van der Waals surface area contributed by atoms with Crippen molar-refractivity contribution in [2.24, 2.45) is 4.40 Å². The second-order valence-electron chi connectivity index (χ2n) is 8.02. The Hall–Kier alpha value is -3.07. The summed E-state index contributed by atoms with van der Waals surface area (Å²) in [6.07, 6.45) is 1.03. The minimum atomic E-state index is -4.27. The highest BCUT2D eigenvalue weighted by Crippen LogP contribution is 2.31. The van der Waals surface area contributed by atoms with Crippen LogP contribution in [0.3, 0.4) is 0 Å². The fourth-order valence-electron chi connectivity index (χ4n) is 4.07. The molecule has 0 unspecified atom stereocenters. The summed E-state index contributed by atoms with van der Waals surface area (Å²) < 4.78 is 57.3. The lowest BCUT2D eigenvalue weighted by Gasteiger charge is -2.18. The molecule has 174 valence electrons. The van der Waals surface area contributed by atoms with Crippen LogP contribution in [0, 0.1) is 20.8 Å². The van der Waals surface area contributed by atoms with Gasteiger partial charge >= 0.3 is 0 Å². The molecule has 3 aromatic rings. The normalized spacial score (nSPS) is 15.2. The zero-order valence-corrected chi connectivity index (χ0v) is 20.9. The van der Waals surface area contributed by atoms with Crippen molar-refractivity contribution in [3.63, 3.8) is 0 Å². The Morgan fingerprint density at radius 2 is 1.35 bits per heavy atom. The number of halogens is 1. The number of benzene rings is 3. The third kappa shape index (κ3) is 4.24. The number of ketones is 1. The third-order valence-corrected chi connectivity index (χ3v) is 9.06. The van der Waals surface area contributed by atoms with Crippen molar-refractivity contribution in [1.29, 1.82) is 0 Å². The molecule has 0 aliphatic heterocycles. The van der Waals surface area contributed by atoms with Gasteiger partial charge in [-0.05, 0) is 62.2 Å². The molecule has 9 heteroatoms. The highest BCUT2D eigenvalue weighted by atomic mass is 35.5. The van der Waals surface area contributed by atoms with Gasteiger partial charge in [-0.15, -0.1) is 0 Å². The number of sulfone groups is 1. The molecule has 0 saturated carbocycles. The van der Waals surface area contributed by atoms with Gasteiger partial charge in [0.25, 0.3) is 10.0 Å². The molecule has 4 rings (SSSR count). The Bertz CT molecular complexity index is 1590. The molecule has 34 heavy (non-hydrogen) atoms.